The molecule has 1 aliphatic rings. The molecule has 1 atom stereocenters. The third kappa shape index (κ3) is 5.40. The highest BCUT2D eigenvalue weighted by molar-refractivity contribution is 8.26. The average Bonchev–Trinajstić information content (AvgIpc) is 2.84. The van der Waals surface area contributed by atoms with Gasteiger partial charge in [-0.15, -0.1) is 0 Å². The summed E-state index contributed by atoms with van der Waals surface area (Å²) in [5, 5.41) is 4.86. The summed E-state index contributed by atoms with van der Waals surface area (Å²) >= 11 is 0.723. The molecule has 1 saturated heterocycles. The van der Waals surface area contributed by atoms with E-state index in [-0.39, 0.29) is 23.0 Å². The van der Waals surface area contributed by atoms with E-state index in [1.165, 1.54) is 0 Å². The Morgan fingerprint density at radius 2 is 2.00 bits per heavy atom. The van der Waals surface area contributed by atoms with Crippen molar-refractivity contribution >= 4 is 28.2 Å². The van der Waals surface area contributed by atoms with E-state index in [9.17, 15) is 14.4 Å². The van der Waals surface area contributed by atoms with E-state index in [4.69, 9.17) is 4.74 Å². The molecule has 0 unspecified atom stereocenters. The average molecular weight is 322 g/mol. The standard InChI is InChI=1S/C15H18N2O4S/c18-13-12(17-15(20)22-13)8-4-5-9-16-14(19)21-10-11-6-2-1-3-7-11/h1-3,6-7,12H,4-5,8-10H2,(H,16,19)(H,17,20)/t12-/m0/s1. The van der Waals surface area contributed by atoms with Gasteiger partial charge >= 0.3 is 6.09 Å². The molecule has 1 fully saturated rings. The van der Waals surface area contributed by atoms with Crippen LogP contribution in [0, 0.1) is 0 Å². The molecular formula is C15H18N2O4S. The first-order valence-corrected chi connectivity index (χ1v) is 7.93. The molecule has 0 bridgehead atoms. The zero-order valence-corrected chi connectivity index (χ0v) is 12.9. The second-order valence-corrected chi connectivity index (χ2v) is 5.87. The van der Waals surface area contributed by atoms with Crippen LogP contribution in [0.3, 0.4) is 0 Å². The number of rotatable bonds is 7. The molecule has 0 radical (unpaired) electrons. The van der Waals surface area contributed by atoms with Crippen LogP contribution in [-0.2, 0) is 16.1 Å². The van der Waals surface area contributed by atoms with Gasteiger partial charge in [-0.2, -0.15) is 0 Å². The summed E-state index contributed by atoms with van der Waals surface area (Å²) in [6.07, 6.45) is 1.61. The Hall–Kier alpha value is -2.02. The predicted octanol–water partition coefficient (Wildman–Crippen LogP) is 2.43. The molecule has 118 valence electrons. The topological polar surface area (TPSA) is 84.5 Å². The number of alkyl carbamates (subject to hydrolysis) is 1. The maximum absolute atomic E-state index is 11.5. The van der Waals surface area contributed by atoms with Crippen LogP contribution in [0.2, 0.25) is 0 Å². The number of nitrogens with one attached hydrogen (secondary N) is 2. The van der Waals surface area contributed by atoms with Gasteiger partial charge in [-0.3, -0.25) is 9.59 Å². The van der Waals surface area contributed by atoms with Gasteiger partial charge in [0.05, 0.1) is 6.04 Å². The van der Waals surface area contributed by atoms with Crippen molar-refractivity contribution in [2.24, 2.45) is 0 Å². The number of unbranched alkanes of at least 4 members (excludes halogenated alkanes) is 1. The fourth-order valence-corrected chi connectivity index (χ4v) is 2.72. The number of thioether (sulfide) groups is 1. The summed E-state index contributed by atoms with van der Waals surface area (Å²) in [6, 6.07) is 9.06. The smallest absolute Gasteiger partial charge is 0.407 e. The van der Waals surface area contributed by atoms with Gasteiger partial charge in [0.15, 0.2) is 0 Å². The van der Waals surface area contributed by atoms with E-state index in [1.54, 1.807) is 0 Å². The minimum atomic E-state index is -0.454. The fourth-order valence-electron chi connectivity index (χ4n) is 2.02. The molecule has 0 aliphatic carbocycles. The van der Waals surface area contributed by atoms with E-state index < -0.39 is 6.09 Å². The van der Waals surface area contributed by atoms with Crippen LogP contribution in [0.4, 0.5) is 9.59 Å². The Labute approximate surface area is 133 Å². The van der Waals surface area contributed by atoms with Crippen LogP contribution in [-0.4, -0.2) is 29.0 Å². The number of carbonyl (C=O) groups is 3. The molecule has 1 heterocycles. The molecule has 6 nitrogen and oxygen atoms in total. The van der Waals surface area contributed by atoms with E-state index in [0.717, 1.165) is 30.2 Å². The molecule has 0 aromatic heterocycles. The second kappa shape index (κ2) is 8.43. The molecule has 2 rings (SSSR count). The number of benzene rings is 1. The van der Waals surface area contributed by atoms with E-state index in [1.807, 2.05) is 30.3 Å². The molecule has 1 aromatic carbocycles. The minimum absolute atomic E-state index is 0.125. The Morgan fingerprint density at radius 1 is 1.23 bits per heavy atom. The highest BCUT2D eigenvalue weighted by Gasteiger charge is 2.30. The van der Waals surface area contributed by atoms with Crippen LogP contribution in [0.15, 0.2) is 30.3 Å². The number of ether oxygens (including phenoxy) is 1. The van der Waals surface area contributed by atoms with Crippen molar-refractivity contribution in [3.8, 4) is 0 Å². The molecule has 1 aliphatic heterocycles. The van der Waals surface area contributed by atoms with Gasteiger partial charge in [0.2, 0.25) is 5.12 Å². The van der Waals surface area contributed by atoms with Gasteiger partial charge in [-0.05, 0) is 24.8 Å². The zero-order chi connectivity index (χ0) is 15.8. The number of amides is 2. The SMILES string of the molecule is O=C(NCCCC[C@@H]1NC(=O)SC1=O)OCc1ccccc1. The Bertz CT molecular complexity index is 536. The first-order valence-electron chi connectivity index (χ1n) is 7.12. The molecule has 2 N–H and O–H groups in total. The third-order valence-corrected chi connectivity index (χ3v) is 3.96. The minimum Gasteiger partial charge on any atom is -0.445 e. The first kappa shape index (κ1) is 16.4. The van der Waals surface area contributed by atoms with Crippen LogP contribution in [0.25, 0.3) is 0 Å². The lowest BCUT2D eigenvalue weighted by molar-refractivity contribution is -0.112. The Kier molecular flexibility index (Phi) is 6.27. The lowest BCUT2D eigenvalue weighted by Gasteiger charge is -2.09. The zero-order valence-electron chi connectivity index (χ0n) is 12.0. The lowest BCUT2D eigenvalue weighted by Crippen LogP contribution is -2.29. The molecule has 0 spiro atoms. The van der Waals surface area contributed by atoms with Gasteiger partial charge in [0.25, 0.3) is 5.24 Å². The quantitative estimate of drug-likeness (QED) is 0.753. The number of hydrogen-bond donors (Lipinski definition) is 2. The maximum atomic E-state index is 11.5. The highest BCUT2D eigenvalue weighted by atomic mass is 32.2. The predicted molar refractivity (Wildman–Crippen MR) is 83.4 cm³/mol. The van der Waals surface area contributed by atoms with Crippen molar-refractivity contribution in [3.05, 3.63) is 35.9 Å². The van der Waals surface area contributed by atoms with Crippen LogP contribution >= 0.6 is 11.8 Å². The van der Waals surface area contributed by atoms with Gasteiger partial charge in [-0.25, -0.2) is 4.79 Å². The normalized spacial score (nSPS) is 17.2. The lowest BCUT2D eigenvalue weighted by atomic mass is 10.1. The van der Waals surface area contributed by atoms with Crippen molar-refractivity contribution in [1.82, 2.24) is 10.6 Å². The summed E-state index contributed by atoms with van der Waals surface area (Å²) in [5.74, 6) is 0. The monoisotopic (exact) mass is 322 g/mol. The highest BCUT2D eigenvalue weighted by Crippen LogP contribution is 2.19. The van der Waals surface area contributed by atoms with Gasteiger partial charge in [0.1, 0.15) is 6.61 Å². The van der Waals surface area contributed by atoms with Gasteiger partial charge < -0.3 is 15.4 Å². The summed E-state index contributed by atoms with van der Waals surface area (Å²) in [6.45, 7) is 0.724. The van der Waals surface area contributed by atoms with Crippen LogP contribution in [0.5, 0.6) is 0 Å². The summed E-state index contributed by atoms with van der Waals surface area (Å²) in [4.78, 5) is 33.8. The summed E-state index contributed by atoms with van der Waals surface area (Å²) < 4.78 is 5.07. The largest absolute Gasteiger partial charge is 0.445 e. The van der Waals surface area contributed by atoms with Crippen LogP contribution in [0.1, 0.15) is 24.8 Å². The molecule has 7 heteroatoms. The van der Waals surface area contributed by atoms with Crippen molar-refractivity contribution in [1.29, 1.82) is 0 Å². The molecule has 22 heavy (non-hydrogen) atoms. The molecular weight excluding hydrogens is 304 g/mol. The summed E-state index contributed by atoms with van der Waals surface area (Å²) in [5.41, 5.74) is 0.936. The van der Waals surface area contributed by atoms with Crippen LogP contribution < -0.4 is 10.6 Å². The maximum Gasteiger partial charge on any atom is 0.407 e. The van der Waals surface area contributed by atoms with Crippen molar-refractivity contribution in [2.45, 2.75) is 31.9 Å². The number of carbonyl (C=O) groups excluding carboxylic acids is 3. The summed E-state index contributed by atoms with van der Waals surface area (Å²) in [7, 11) is 0. The Morgan fingerprint density at radius 3 is 2.68 bits per heavy atom. The Balaban J connectivity index is 1.52. The van der Waals surface area contributed by atoms with Gasteiger partial charge in [-0.1, -0.05) is 30.3 Å². The fraction of sp³-hybridized carbons (Fsp3) is 0.400. The van der Waals surface area contributed by atoms with E-state index >= 15 is 0 Å². The first-order chi connectivity index (χ1) is 10.6. The molecule has 0 saturated carbocycles. The molecule has 2 amide bonds. The van der Waals surface area contributed by atoms with Crippen molar-refractivity contribution < 1.29 is 19.1 Å². The van der Waals surface area contributed by atoms with Crippen molar-refractivity contribution in [3.63, 3.8) is 0 Å². The molecule has 1 aromatic rings. The van der Waals surface area contributed by atoms with Crippen molar-refractivity contribution in [2.75, 3.05) is 6.54 Å². The number of hydrogen-bond acceptors (Lipinski definition) is 5. The second-order valence-electron chi connectivity index (χ2n) is 4.89. The third-order valence-electron chi connectivity index (χ3n) is 3.17. The van der Waals surface area contributed by atoms with E-state index in [0.29, 0.717) is 13.0 Å². The van der Waals surface area contributed by atoms with Gasteiger partial charge in [0, 0.05) is 18.3 Å². The van der Waals surface area contributed by atoms with E-state index in [2.05, 4.69) is 10.6 Å².